The summed E-state index contributed by atoms with van der Waals surface area (Å²) in [4.78, 5) is 18.3. The lowest BCUT2D eigenvalue weighted by Gasteiger charge is -2.43. The molecule has 1 atom stereocenters. The predicted molar refractivity (Wildman–Crippen MR) is 135 cm³/mol. The van der Waals surface area contributed by atoms with E-state index in [4.69, 9.17) is 4.98 Å². The maximum atomic E-state index is 11.8. The molecular weight excluding hydrogens is 456 g/mol. The number of fused-ring (bicyclic) bond motifs is 4. The Hall–Kier alpha value is -3.24. The Morgan fingerprint density at radius 3 is 2.67 bits per heavy atom. The van der Waals surface area contributed by atoms with Gasteiger partial charge >= 0.3 is 0 Å². The molecule has 10 nitrogen and oxygen atoms in total. The van der Waals surface area contributed by atoms with Crippen molar-refractivity contribution < 1.29 is 10.2 Å². The molecule has 1 unspecified atom stereocenters. The Bertz CT molecular complexity index is 1270. The summed E-state index contributed by atoms with van der Waals surface area (Å²) in [7, 11) is 0. The lowest BCUT2D eigenvalue weighted by Crippen LogP contribution is -2.44. The van der Waals surface area contributed by atoms with Crippen molar-refractivity contribution in [1.29, 1.82) is 0 Å². The highest BCUT2D eigenvalue weighted by Crippen LogP contribution is 2.47. The monoisotopic (exact) mass is 488 g/mol. The van der Waals surface area contributed by atoms with Crippen LogP contribution in [0.15, 0.2) is 30.7 Å². The van der Waals surface area contributed by atoms with E-state index < -0.39 is 6.23 Å². The largest absolute Gasteiger partial charge is 0.393 e. The minimum absolute atomic E-state index is 0.110. The third kappa shape index (κ3) is 3.88. The summed E-state index contributed by atoms with van der Waals surface area (Å²) in [5, 5.41) is 29.6. The number of aliphatic hydroxyl groups is 2. The van der Waals surface area contributed by atoms with Crippen LogP contribution in [0.5, 0.6) is 0 Å². The van der Waals surface area contributed by atoms with Crippen LogP contribution in [-0.2, 0) is 13.1 Å². The van der Waals surface area contributed by atoms with Gasteiger partial charge in [0, 0.05) is 42.1 Å². The fourth-order valence-corrected chi connectivity index (χ4v) is 5.87. The summed E-state index contributed by atoms with van der Waals surface area (Å²) in [5.41, 5.74) is 3.86. The van der Waals surface area contributed by atoms with Crippen molar-refractivity contribution >= 4 is 17.5 Å². The first-order chi connectivity index (χ1) is 17.6. The minimum Gasteiger partial charge on any atom is -0.393 e. The van der Waals surface area contributed by atoms with Crippen LogP contribution in [0.4, 0.5) is 17.5 Å². The van der Waals surface area contributed by atoms with Gasteiger partial charge in [0.15, 0.2) is 6.23 Å². The minimum atomic E-state index is -0.813. The Balaban J connectivity index is 1.25. The van der Waals surface area contributed by atoms with Crippen molar-refractivity contribution in [3.8, 4) is 11.1 Å². The van der Waals surface area contributed by atoms with Gasteiger partial charge in [0.2, 0.25) is 5.95 Å². The lowest BCUT2D eigenvalue weighted by atomic mass is 9.88. The molecule has 0 spiro atoms. The molecule has 4 heterocycles. The summed E-state index contributed by atoms with van der Waals surface area (Å²) in [6.45, 7) is 3.21. The molecule has 2 aliphatic carbocycles. The van der Waals surface area contributed by atoms with E-state index in [0.717, 1.165) is 79.3 Å². The van der Waals surface area contributed by atoms with Gasteiger partial charge in [0.05, 0.1) is 19.2 Å². The summed E-state index contributed by atoms with van der Waals surface area (Å²) in [6, 6.07) is 6.43. The van der Waals surface area contributed by atoms with Crippen LogP contribution in [-0.4, -0.2) is 60.2 Å². The van der Waals surface area contributed by atoms with E-state index >= 15 is 0 Å². The first kappa shape index (κ1) is 22.0. The number of hydrogen-bond donors (Lipinski definition) is 3. The summed E-state index contributed by atoms with van der Waals surface area (Å²) in [6.07, 6.45) is 8.08. The summed E-state index contributed by atoms with van der Waals surface area (Å²) < 4.78 is 1.95. The highest BCUT2D eigenvalue weighted by Gasteiger charge is 2.38. The van der Waals surface area contributed by atoms with Crippen LogP contribution in [0.2, 0.25) is 0 Å². The van der Waals surface area contributed by atoms with Gasteiger partial charge in [0.1, 0.15) is 18.0 Å². The molecule has 0 radical (unpaired) electrons. The molecule has 7 rings (SSSR count). The Labute approximate surface area is 210 Å². The fraction of sp³-hybridized carbons (Fsp3) is 0.538. The predicted octanol–water partition coefficient (Wildman–Crippen LogP) is 2.69. The van der Waals surface area contributed by atoms with Gasteiger partial charge in [-0.3, -0.25) is 0 Å². The van der Waals surface area contributed by atoms with E-state index in [2.05, 4.69) is 48.4 Å². The SMILES string of the molecule is OC1CCC(N2c3nc(NCC4CC4)ncc3-c3ccc(N4CCn5ncnc5C4)cc3C2O)CC1. The normalized spacial score (nSPS) is 25.2. The number of benzene rings is 1. The highest BCUT2D eigenvalue weighted by atomic mass is 16.3. The second-order valence-corrected chi connectivity index (χ2v) is 10.6. The van der Waals surface area contributed by atoms with Crippen LogP contribution < -0.4 is 15.1 Å². The van der Waals surface area contributed by atoms with Crippen molar-refractivity contribution in [2.45, 2.75) is 70.0 Å². The molecule has 2 aliphatic heterocycles. The molecule has 0 amide bonds. The van der Waals surface area contributed by atoms with Crippen molar-refractivity contribution in [1.82, 2.24) is 24.7 Å². The number of nitrogens with one attached hydrogen (secondary N) is 1. The molecule has 1 aromatic carbocycles. The molecule has 2 fully saturated rings. The van der Waals surface area contributed by atoms with Gasteiger partial charge in [-0.05, 0) is 62.1 Å². The van der Waals surface area contributed by atoms with Gasteiger partial charge < -0.3 is 25.3 Å². The van der Waals surface area contributed by atoms with Crippen molar-refractivity contribution in [2.24, 2.45) is 5.92 Å². The van der Waals surface area contributed by atoms with Crippen LogP contribution in [0, 0.1) is 5.92 Å². The number of aromatic nitrogens is 5. The topological polar surface area (TPSA) is 115 Å². The summed E-state index contributed by atoms with van der Waals surface area (Å²) >= 11 is 0. The number of anilines is 3. The van der Waals surface area contributed by atoms with E-state index in [0.29, 0.717) is 18.4 Å². The van der Waals surface area contributed by atoms with Gasteiger partial charge in [-0.15, -0.1) is 0 Å². The van der Waals surface area contributed by atoms with E-state index in [1.807, 2.05) is 10.9 Å². The van der Waals surface area contributed by atoms with Gasteiger partial charge in [0.25, 0.3) is 0 Å². The molecule has 2 saturated carbocycles. The third-order valence-electron chi connectivity index (χ3n) is 8.16. The maximum Gasteiger partial charge on any atom is 0.224 e. The third-order valence-corrected chi connectivity index (χ3v) is 8.16. The maximum absolute atomic E-state index is 11.8. The second kappa shape index (κ2) is 8.70. The van der Waals surface area contributed by atoms with Crippen LogP contribution in [0.25, 0.3) is 11.1 Å². The quantitative estimate of drug-likeness (QED) is 0.498. The van der Waals surface area contributed by atoms with Gasteiger partial charge in [-0.1, -0.05) is 6.07 Å². The van der Waals surface area contributed by atoms with Gasteiger partial charge in [-0.2, -0.15) is 10.1 Å². The number of hydrogen-bond acceptors (Lipinski definition) is 9. The molecule has 2 aromatic heterocycles. The molecular formula is C26H32N8O2. The number of nitrogens with zero attached hydrogens (tertiary/aromatic N) is 7. The van der Waals surface area contributed by atoms with E-state index in [1.54, 1.807) is 6.33 Å². The zero-order chi connectivity index (χ0) is 24.2. The van der Waals surface area contributed by atoms with Gasteiger partial charge in [-0.25, -0.2) is 14.6 Å². The first-order valence-corrected chi connectivity index (χ1v) is 13.2. The Morgan fingerprint density at radius 2 is 1.83 bits per heavy atom. The molecule has 36 heavy (non-hydrogen) atoms. The van der Waals surface area contributed by atoms with E-state index in [9.17, 15) is 10.2 Å². The van der Waals surface area contributed by atoms with Crippen LogP contribution in [0.1, 0.15) is 56.1 Å². The average molecular weight is 489 g/mol. The molecule has 0 bridgehead atoms. The zero-order valence-corrected chi connectivity index (χ0v) is 20.3. The number of rotatable bonds is 5. The highest BCUT2D eigenvalue weighted by molar-refractivity contribution is 5.83. The van der Waals surface area contributed by atoms with Crippen molar-refractivity contribution in [3.05, 3.63) is 42.1 Å². The van der Waals surface area contributed by atoms with Crippen molar-refractivity contribution in [2.75, 3.05) is 28.2 Å². The molecule has 0 saturated heterocycles. The lowest BCUT2D eigenvalue weighted by molar-refractivity contribution is 0.101. The molecule has 188 valence electrons. The Kier molecular flexibility index (Phi) is 5.32. The van der Waals surface area contributed by atoms with Crippen LogP contribution >= 0.6 is 0 Å². The number of aliphatic hydroxyl groups excluding tert-OH is 2. The summed E-state index contributed by atoms with van der Waals surface area (Å²) in [5.74, 6) is 3.07. The average Bonchev–Trinajstić information content (AvgIpc) is 3.62. The molecule has 4 aliphatic rings. The fourth-order valence-electron chi connectivity index (χ4n) is 5.87. The second-order valence-electron chi connectivity index (χ2n) is 10.6. The van der Waals surface area contributed by atoms with Crippen LogP contribution in [0.3, 0.4) is 0 Å². The Morgan fingerprint density at radius 1 is 0.972 bits per heavy atom. The molecule has 3 aromatic rings. The first-order valence-electron chi connectivity index (χ1n) is 13.2. The smallest absolute Gasteiger partial charge is 0.224 e. The van der Waals surface area contributed by atoms with E-state index in [1.165, 1.54) is 12.8 Å². The van der Waals surface area contributed by atoms with Crippen molar-refractivity contribution in [3.63, 3.8) is 0 Å². The zero-order valence-electron chi connectivity index (χ0n) is 20.3. The molecule has 3 N–H and O–H groups in total. The van der Waals surface area contributed by atoms with E-state index in [-0.39, 0.29) is 12.1 Å². The molecule has 10 heteroatoms. The standard InChI is InChI=1S/C26H32N8O2/c35-19-6-3-17(4-7-19)34-24-22(13-28-26(31-24)27-12-16-1-2-16)20-8-5-18(11-21(20)25(34)36)32-9-10-33-23(14-32)29-15-30-33/h5,8,11,13,15-17,19,25,35-36H,1-4,6-7,9-10,12,14H2,(H,27,28,31).